The van der Waals surface area contributed by atoms with E-state index in [1.807, 2.05) is 25.1 Å². The maximum absolute atomic E-state index is 12.1. The monoisotopic (exact) mass is 280 g/mol. The highest BCUT2D eigenvalue weighted by molar-refractivity contribution is 5.92. The van der Waals surface area contributed by atoms with E-state index in [2.05, 4.69) is 27.1 Å². The number of carbonyl (C=O) groups is 1. The van der Waals surface area contributed by atoms with E-state index >= 15 is 0 Å². The van der Waals surface area contributed by atoms with Crippen LogP contribution in [0.25, 0.3) is 0 Å². The van der Waals surface area contributed by atoms with Crippen molar-refractivity contribution < 1.29 is 4.79 Å². The second-order valence-electron chi connectivity index (χ2n) is 4.39. The molecule has 0 aliphatic carbocycles. The van der Waals surface area contributed by atoms with Gasteiger partial charge in [0, 0.05) is 18.0 Å². The van der Waals surface area contributed by atoms with Gasteiger partial charge in [0.1, 0.15) is 5.69 Å². The Morgan fingerprint density at radius 1 is 1.33 bits per heavy atom. The van der Waals surface area contributed by atoms with Crippen molar-refractivity contribution in [2.24, 2.45) is 5.73 Å². The Morgan fingerprint density at radius 3 is 2.81 bits per heavy atom. The molecule has 0 aliphatic rings. The third-order valence-electron chi connectivity index (χ3n) is 2.81. The third kappa shape index (κ3) is 4.13. The first-order valence-electron chi connectivity index (χ1n) is 6.57. The van der Waals surface area contributed by atoms with Crippen LogP contribution >= 0.6 is 0 Å². The van der Waals surface area contributed by atoms with Crippen LogP contribution in [-0.4, -0.2) is 22.4 Å². The molecule has 0 spiro atoms. The number of hydrogen-bond acceptors (Lipinski definition) is 4. The van der Waals surface area contributed by atoms with Crippen molar-refractivity contribution in [1.82, 2.24) is 15.3 Å². The van der Waals surface area contributed by atoms with Crippen molar-refractivity contribution in [3.63, 3.8) is 0 Å². The molecule has 2 rings (SSSR count). The van der Waals surface area contributed by atoms with Gasteiger partial charge in [-0.1, -0.05) is 17.9 Å². The lowest BCUT2D eigenvalue weighted by molar-refractivity contribution is 0.0934. The quantitative estimate of drug-likeness (QED) is 0.830. The van der Waals surface area contributed by atoms with Crippen molar-refractivity contribution >= 4 is 5.91 Å². The number of amides is 1. The minimum Gasteiger partial charge on any atom is -0.343 e. The van der Waals surface area contributed by atoms with Crippen molar-refractivity contribution in [1.29, 1.82) is 0 Å². The largest absolute Gasteiger partial charge is 0.343 e. The number of nitrogens with zero attached hydrogens (tertiary/aromatic N) is 2. The first kappa shape index (κ1) is 14.7. The lowest BCUT2D eigenvalue weighted by Crippen LogP contribution is -2.27. The fourth-order valence-electron chi connectivity index (χ4n) is 1.73. The molecule has 1 amide bonds. The van der Waals surface area contributed by atoms with Gasteiger partial charge in [-0.25, -0.2) is 4.98 Å². The maximum Gasteiger partial charge on any atom is 0.270 e. The predicted molar refractivity (Wildman–Crippen MR) is 80.3 cm³/mol. The number of carbonyl (C=O) groups excluding carboxylic acids is 1. The van der Waals surface area contributed by atoms with E-state index in [0.29, 0.717) is 12.2 Å². The summed E-state index contributed by atoms with van der Waals surface area (Å²) in [6.45, 7) is 2.17. The number of hydrogen-bond donors (Lipinski definition) is 2. The molecule has 0 aromatic carbocycles. The Balaban J connectivity index is 2.03. The van der Waals surface area contributed by atoms with E-state index in [4.69, 9.17) is 5.73 Å². The average Bonchev–Trinajstić information content (AvgIpc) is 2.54. The van der Waals surface area contributed by atoms with Gasteiger partial charge in [-0.3, -0.25) is 9.78 Å². The van der Waals surface area contributed by atoms with Gasteiger partial charge in [0.25, 0.3) is 5.91 Å². The van der Waals surface area contributed by atoms with Crippen molar-refractivity contribution in [2.45, 2.75) is 13.0 Å². The zero-order valence-corrected chi connectivity index (χ0v) is 11.7. The molecule has 0 fully saturated rings. The topological polar surface area (TPSA) is 80.9 Å². The molecule has 2 aromatic rings. The number of nitrogens with one attached hydrogen (secondary N) is 1. The third-order valence-corrected chi connectivity index (χ3v) is 2.81. The minimum absolute atomic E-state index is 0.183. The zero-order valence-electron chi connectivity index (χ0n) is 11.7. The summed E-state index contributed by atoms with van der Waals surface area (Å²) in [6, 6.07) is 8.78. The van der Waals surface area contributed by atoms with Gasteiger partial charge in [0.2, 0.25) is 0 Å². The van der Waals surface area contributed by atoms with Crippen molar-refractivity contribution in [3.8, 4) is 11.8 Å². The highest BCUT2D eigenvalue weighted by Crippen LogP contribution is 2.09. The summed E-state index contributed by atoms with van der Waals surface area (Å²) in [4.78, 5) is 20.4. The molecule has 1 unspecified atom stereocenters. The van der Waals surface area contributed by atoms with Gasteiger partial charge in [-0.2, -0.15) is 0 Å². The number of nitrogens with two attached hydrogens (primary N) is 1. The summed E-state index contributed by atoms with van der Waals surface area (Å²) >= 11 is 0. The van der Waals surface area contributed by atoms with E-state index in [1.165, 1.54) is 0 Å². The number of rotatable bonds is 3. The Kier molecular flexibility index (Phi) is 5.02. The average molecular weight is 280 g/mol. The molecule has 5 heteroatoms. The van der Waals surface area contributed by atoms with Crippen LogP contribution in [0, 0.1) is 11.8 Å². The molecule has 0 saturated heterocycles. The molecule has 1 atom stereocenters. The maximum atomic E-state index is 12.1. The van der Waals surface area contributed by atoms with E-state index in [9.17, 15) is 4.79 Å². The lowest BCUT2D eigenvalue weighted by Gasteiger charge is -2.12. The van der Waals surface area contributed by atoms with Crippen LogP contribution in [-0.2, 0) is 0 Å². The molecule has 0 saturated carbocycles. The first-order valence-corrected chi connectivity index (χ1v) is 6.57. The molecule has 2 aromatic heterocycles. The number of aromatic nitrogens is 2. The smallest absolute Gasteiger partial charge is 0.270 e. The van der Waals surface area contributed by atoms with Gasteiger partial charge in [0.15, 0.2) is 0 Å². The van der Waals surface area contributed by atoms with E-state index in [1.54, 1.807) is 24.5 Å². The summed E-state index contributed by atoms with van der Waals surface area (Å²) in [7, 11) is 0. The van der Waals surface area contributed by atoms with Crippen LogP contribution in [0.1, 0.15) is 34.7 Å². The minimum atomic E-state index is -0.244. The molecule has 106 valence electrons. The zero-order chi connectivity index (χ0) is 15.1. The fraction of sp³-hybridized carbons (Fsp3) is 0.188. The van der Waals surface area contributed by atoms with Gasteiger partial charge in [0.05, 0.1) is 18.3 Å². The van der Waals surface area contributed by atoms with Crippen LogP contribution in [0.5, 0.6) is 0 Å². The molecule has 3 N–H and O–H groups in total. The Labute approximate surface area is 123 Å². The number of pyridine rings is 2. The summed E-state index contributed by atoms with van der Waals surface area (Å²) in [6.07, 6.45) is 3.25. The van der Waals surface area contributed by atoms with Gasteiger partial charge in [-0.05, 0) is 31.2 Å². The van der Waals surface area contributed by atoms with Crippen LogP contribution < -0.4 is 11.1 Å². The van der Waals surface area contributed by atoms with Gasteiger partial charge >= 0.3 is 0 Å². The SMILES string of the molecule is CC(NC(=O)c1ccc(C#CCN)cn1)c1ccccn1. The lowest BCUT2D eigenvalue weighted by atomic mass is 10.2. The first-order chi connectivity index (χ1) is 10.2. The normalized spacial score (nSPS) is 11.1. The second kappa shape index (κ2) is 7.17. The van der Waals surface area contributed by atoms with Crippen molar-refractivity contribution in [3.05, 3.63) is 59.7 Å². The summed E-state index contributed by atoms with van der Waals surface area (Å²) in [5.41, 5.74) is 7.18. The highest BCUT2D eigenvalue weighted by atomic mass is 16.1. The molecule has 2 heterocycles. The second-order valence-corrected chi connectivity index (χ2v) is 4.39. The molecule has 0 aliphatic heterocycles. The van der Waals surface area contributed by atoms with Crippen LogP contribution in [0.15, 0.2) is 42.7 Å². The van der Waals surface area contributed by atoms with E-state index in [-0.39, 0.29) is 11.9 Å². The molecule has 21 heavy (non-hydrogen) atoms. The summed E-state index contributed by atoms with van der Waals surface area (Å²) < 4.78 is 0. The Morgan fingerprint density at radius 2 is 2.19 bits per heavy atom. The Bertz CT molecular complexity index is 656. The van der Waals surface area contributed by atoms with Crippen LogP contribution in [0.4, 0.5) is 0 Å². The summed E-state index contributed by atoms with van der Waals surface area (Å²) in [5.74, 6) is 5.35. The van der Waals surface area contributed by atoms with Gasteiger partial charge < -0.3 is 11.1 Å². The van der Waals surface area contributed by atoms with E-state index in [0.717, 1.165) is 11.3 Å². The molecule has 0 radical (unpaired) electrons. The molecular formula is C16H16N4O. The standard InChI is InChI=1S/C16H16N4O/c1-12(14-6-2-3-10-18-14)20-16(21)15-8-7-13(11-19-15)5-4-9-17/h2-3,6-8,10-12H,9,17H2,1H3,(H,20,21). The van der Waals surface area contributed by atoms with E-state index < -0.39 is 0 Å². The highest BCUT2D eigenvalue weighted by Gasteiger charge is 2.12. The van der Waals surface area contributed by atoms with Crippen LogP contribution in [0.3, 0.4) is 0 Å². The van der Waals surface area contributed by atoms with Crippen molar-refractivity contribution in [2.75, 3.05) is 6.54 Å². The van der Waals surface area contributed by atoms with Crippen LogP contribution in [0.2, 0.25) is 0 Å². The molecule has 0 bridgehead atoms. The summed E-state index contributed by atoms with van der Waals surface area (Å²) in [5, 5.41) is 2.86. The molecule has 5 nitrogen and oxygen atoms in total. The predicted octanol–water partition coefficient (Wildman–Crippen LogP) is 1.28. The van der Waals surface area contributed by atoms with Gasteiger partial charge in [-0.15, -0.1) is 0 Å². The Hall–Kier alpha value is -2.71. The molecular weight excluding hydrogens is 264 g/mol. The fourth-order valence-corrected chi connectivity index (χ4v) is 1.73.